The van der Waals surface area contributed by atoms with Crippen LogP contribution < -0.4 is 5.32 Å². The fraction of sp³-hybridized carbons (Fsp3) is 0.526. The predicted octanol–water partition coefficient (Wildman–Crippen LogP) is 4.30. The van der Waals surface area contributed by atoms with Crippen LogP contribution in [0.5, 0.6) is 0 Å². The number of aromatic nitrogens is 3. The second-order valence-corrected chi connectivity index (χ2v) is 7.64. The molecule has 0 spiro atoms. The molecule has 1 N–H and O–H groups in total. The van der Waals surface area contributed by atoms with Crippen LogP contribution >= 0.6 is 11.8 Å². The number of anilines is 1. The van der Waals surface area contributed by atoms with Crippen molar-refractivity contribution < 1.29 is 4.79 Å². The van der Waals surface area contributed by atoms with Gasteiger partial charge in [-0.05, 0) is 56.9 Å². The molecule has 1 aliphatic rings. The van der Waals surface area contributed by atoms with Crippen LogP contribution in [0.1, 0.15) is 55.5 Å². The van der Waals surface area contributed by atoms with Crippen molar-refractivity contribution in [2.75, 3.05) is 11.1 Å². The molecule has 0 atom stereocenters. The molecule has 1 aliphatic carbocycles. The maximum absolute atomic E-state index is 12.3. The Bertz CT molecular complexity index is 750. The zero-order chi connectivity index (χ0) is 17.8. The van der Waals surface area contributed by atoms with E-state index in [2.05, 4.69) is 33.9 Å². The lowest BCUT2D eigenvalue weighted by Gasteiger charge is -2.11. The molecule has 1 aromatic heterocycles. The zero-order valence-corrected chi connectivity index (χ0v) is 16.0. The van der Waals surface area contributed by atoms with Gasteiger partial charge in [0.1, 0.15) is 5.82 Å². The summed E-state index contributed by atoms with van der Waals surface area (Å²) < 4.78 is 2.17. The van der Waals surface area contributed by atoms with Crippen molar-refractivity contribution >= 4 is 23.4 Å². The molecule has 3 rings (SSSR count). The third kappa shape index (κ3) is 4.24. The average molecular weight is 359 g/mol. The van der Waals surface area contributed by atoms with E-state index in [4.69, 9.17) is 0 Å². The molecule has 0 radical (unpaired) electrons. The van der Waals surface area contributed by atoms with Crippen LogP contribution in [0.3, 0.4) is 0 Å². The van der Waals surface area contributed by atoms with E-state index < -0.39 is 0 Å². The molecule has 1 aromatic carbocycles. The van der Waals surface area contributed by atoms with Gasteiger partial charge < -0.3 is 9.88 Å². The maximum Gasteiger partial charge on any atom is 0.234 e. The van der Waals surface area contributed by atoms with Crippen molar-refractivity contribution in [1.82, 2.24) is 14.8 Å². The number of hydrogen-bond donors (Lipinski definition) is 1. The largest absolute Gasteiger partial charge is 0.325 e. The molecule has 1 saturated carbocycles. The lowest BCUT2D eigenvalue weighted by atomic mass is 10.1. The average Bonchev–Trinajstić information content (AvgIpc) is 3.24. The molecule has 0 bridgehead atoms. The first-order chi connectivity index (χ1) is 12.1. The Morgan fingerprint density at radius 1 is 1.24 bits per heavy atom. The quantitative estimate of drug-likeness (QED) is 0.782. The Kier molecular flexibility index (Phi) is 5.78. The van der Waals surface area contributed by atoms with Crippen molar-refractivity contribution in [3.05, 3.63) is 35.2 Å². The summed E-state index contributed by atoms with van der Waals surface area (Å²) in [7, 11) is 0. The molecule has 6 heteroatoms. The van der Waals surface area contributed by atoms with E-state index in [-0.39, 0.29) is 5.91 Å². The van der Waals surface area contributed by atoms with Crippen LogP contribution in [0, 0.1) is 13.8 Å². The van der Waals surface area contributed by atoms with E-state index >= 15 is 0 Å². The van der Waals surface area contributed by atoms with Crippen molar-refractivity contribution in [2.45, 2.75) is 64.1 Å². The molecular weight excluding hydrogens is 332 g/mol. The Labute approximate surface area is 153 Å². The number of rotatable bonds is 6. The van der Waals surface area contributed by atoms with Crippen molar-refractivity contribution in [3.8, 4) is 0 Å². The second kappa shape index (κ2) is 8.04. The summed E-state index contributed by atoms with van der Waals surface area (Å²) in [6.45, 7) is 7.07. The fourth-order valence-corrected chi connectivity index (χ4v) is 4.15. The van der Waals surface area contributed by atoms with Crippen LogP contribution in [0.15, 0.2) is 23.4 Å². The Morgan fingerprint density at radius 2 is 2.00 bits per heavy atom. The molecule has 0 aliphatic heterocycles. The summed E-state index contributed by atoms with van der Waals surface area (Å²) in [4.78, 5) is 12.3. The van der Waals surface area contributed by atoms with Gasteiger partial charge in [0.15, 0.2) is 5.16 Å². The second-order valence-electron chi connectivity index (χ2n) is 6.70. The molecule has 0 unspecified atom stereocenters. The summed E-state index contributed by atoms with van der Waals surface area (Å²) in [6.07, 6.45) is 4.97. The van der Waals surface area contributed by atoms with Crippen molar-refractivity contribution in [3.63, 3.8) is 0 Å². The van der Waals surface area contributed by atoms with E-state index in [0.717, 1.165) is 23.2 Å². The highest BCUT2D eigenvalue weighted by Crippen LogP contribution is 2.34. The van der Waals surface area contributed by atoms with Gasteiger partial charge in [0.25, 0.3) is 0 Å². The van der Waals surface area contributed by atoms with Crippen LogP contribution in [-0.2, 0) is 11.3 Å². The highest BCUT2D eigenvalue weighted by Gasteiger charge is 2.24. The molecule has 0 saturated heterocycles. The standard InChI is InChI=1S/C19H26N4OS/c1-4-23-18(15-7-5-6-8-15)21-22-19(23)25-12-17(24)20-16-10-9-13(2)14(3)11-16/h9-11,15H,4-8,12H2,1-3H3,(H,20,24). The van der Waals surface area contributed by atoms with Crippen LogP contribution in [0.25, 0.3) is 0 Å². The number of benzene rings is 1. The van der Waals surface area contributed by atoms with Crippen molar-refractivity contribution in [2.24, 2.45) is 0 Å². The smallest absolute Gasteiger partial charge is 0.234 e. The van der Waals surface area contributed by atoms with E-state index in [0.29, 0.717) is 11.7 Å². The van der Waals surface area contributed by atoms with E-state index in [1.54, 1.807) is 0 Å². The van der Waals surface area contributed by atoms with Crippen molar-refractivity contribution in [1.29, 1.82) is 0 Å². The molecule has 25 heavy (non-hydrogen) atoms. The molecule has 5 nitrogen and oxygen atoms in total. The van der Waals surface area contributed by atoms with Crippen LogP contribution in [-0.4, -0.2) is 26.4 Å². The van der Waals surface area contributed by atoms with E-state index in [9.17, 15) is 4.79 Å². The van der Waals surface area contributed by atoms with Gasteiger partial charge in [0, 0.05) is 18.2 Å². The van der Waals surface area contributed by atoms with Gasteiger partial charge >= 0.3 is 0 Å². The maximum atomic E-state index is 12.3. The molecule has 134 valence electrons. The number of thioether (sulfide) groups is 1. The van der Waals surface area contributed by atoms with Gasteiger partial charge in [0.2, 0.25) is 5.91 Å². The van der Waals surface area contributed by atoms with Gasteiger partial charge in [0.05, 0.1) is 5.75 Å². The summed E-state index contributed by atoms with van der Waals surface area (Å²) >= 11 is 1.46. The highest BCUT2D eigenvalue weighted by molar-refractivity contribution is 7.99. The number of carbonyl (C=O) groups excluding carboxylic acids is 1. The normalized spacial score (nSPS) is 14.8. The minimum Gasteiger partial charge on any atom is -0.325 e. The van der Waals surface area contributed by atoms with Crippen LogP contribution in [0.2, 0.25) is 0 Å². The zero-order valence-electron chi connectivity index (χ0n) is 15.2. The Morgan fingerprint density at radius 3 is 2.68 bits per heavy atom. The Hall–Kier alpha value is -1.82. The Balaban J connectivity index is 1.61. The highest BCUT2D eigenvalue weighted by atomic mass is 32.2. The molecular formula is C19H26N4OS. The number of hydrogen-bond acceptors (Lipinski definition) is 4. The fourth-order valence-electron chi connectivity index (χ4n) is 3.34. The lowest BCUT2D eigenvalue weighted by Crippen LogP contribution is -2.15. The molecule has 1 amide bonds. The predicted molar refractivity (Wildman–Crippen MR) is 102 cm³/mol. The van der Waals surface area contributed by atoms with Gasteiger partial charge in [-0.15, -0.1) is 10.2 Å². The van der Waals surface area contributed by atoms with Gasteiger partial charge in [-0.3, -0.25) is 4.79 Å². The molecule has 1 fully saturated rings. The first-order valence-corrected chi connectivity index (χ1v) is 10.00. The minimum atomic E-state index is -0.0127. The monoisotopic (exact) mass is 358 g/mol. The molecule has 1 heterocycles. The topological polar surface area (TPSA) is 59.8 Å². The summed E-state index contributed by atoms with van der Waals surface area (Å²) in [5, 5.41) is 12.6. The number of aryl methyl sites for hydroxylation is 2. The van der Waals surface area contributed by atoms with Gasteiger partial charge in [-0.2, -0.15) is 0 Å². The number of amides is 1. The SMILES string of the molecule is CCn1c(SCC(=O)Nc2ccc(C)c(C)c2)nnc1C1CCCC1. The number of nitrogens with one attached hydrogen (secondary N) is 1. The third-order valence-corrected chi connectivity index (χ3v) is 5.87. The minimum absolute atomic E-state index is 0.0127. The first kappa shape index (κ1) is 18.0. The lowest BCUT2D eigenvalue weighted by molar-refractivity contribution is -0.113. The molecule has 2 aromatic rings. The van der Waals surface area contributed by atoms with E-state index in [1.807, 2.05) is 25.1 Å². The summed E-state index contributed by atoms with van der Waals surface area (Å²) in [5.41, 5.74) is 3.25. The number of carbonyl (C=O) groups is 1. The van der Waals surface area contributed by atoms with Gasteiger partial charge in [-0.25, -0.2) is 0 Å². The van der Waals surface area contributed by atoms with Crippen LogP contribution in [0.4, 0.5) is 5.69 Å². The van der Waals surface area contributed by atoms with Gasteiger partial charge in [-0.1, -0.05) is 30.7 Å². The third-order valence-electron chi connectivity index (χ3n) is 4.91. The number of nitrogens with zero attached hydrogens (tertiary/aromatic N) is 3. The summed E-state index contributed by atoms with van der Waals surface area (Å²) in [6, 6.07) is 5.97. The first-order valence-electron chi connectivity index (χ1n) is 9.01. The summed E-state index contributed by atoms with van der Waals surface area (Å²) in [5.74, 6) is 1.96. The van der Waals surface area contributed by atoms with E-state index in [1.165, 1.54) is 48.6 Å².